The highest BCUT2D eigenvalue weighted by atomic mass is 35.5. The van der Waals surface area contributed by atoms with Crippen LogP contribution in [0.25, 0.3) is 11.0 Å². The van der Waals surface area contributed by atoms with Gasteiger partial charge in [0.25, 0.3) is 0 Å². The summed E-state index contributed by atoms with van der Waals surface area (Å²) in [5.41, 5.74) is 8.64. The zero-order chi connectivity index (χ0) is 14.8. The van der Waals surface area contributed by atoms with Crippen molar-refractivity contribution in [2.24, 2.45) is 5.73 Å². The van der Waals surface area contributed by atoms with Gasteiger partial charge in [-0.05, 0) is 30.7 Å². The van der Waals surface area contributed by atoms with Crippen molar-refractivity contribution in [3.8, 4) is 5.75 Å². The highest BCUT2D eigenvalue weighted by molar-refractivity contribution is 6.30. The minimum absolute atomic E-state index is 0.349. The molecule has 3 aromatic rings. The van der Waals surface area contributed by atoms with E-state index in [9.17, 15) is 0 Å². The third kappa shape index (κ3) is 2.75. The molecule has 108 valence electrons. The summed E-state index contributed by atoms with van der Waals surface area (Å²) in [6.07, 6.45) is 0. The summed E-state index contributed by atoms with van der Waals surface area (Å²) in [6, 6.07) is 13.5. The second kappa shape index (κ2) is 5.80. The van der Waals surface area contributed by atoms with Gasteiger partial charge < -0.3 is 14.9 Å². The summed E-state index contributed by atoms with van der Waals surface area (Å²) in [4.78, 5) is 0. The van der Waals surface area contributed by atoms with Crippen LogP contribution in [0.3, 0.4) is 0 Å². The number of ether oxygens (including phenoxy) is 1. The Bertz CT molecular complexity index is 780. The van der Waals surface area contributed by atoms with Gasteiger partial charge in [0.2, 0.25) is 0 Å². The molecular weight excluding hydrogens is 286 g/mol. The predicted molar refractivity (Wildman–Crippen MR) is 84.6 cm³/mol. The fourth-order valence-corrected chi connectivity index (χ4v) is 2.51. The molecule has 0 atom stereocenters. The van der Waals surface area contributed by atoms with E-state index in [1.165, 1.54) is 0 Å². The predicted octanol–water partition coefficient (Wildman–Crippen LogP) is 4.43. The van der Waals surface area contributed by atoms with E-state index in [2.05, 4.69) is 0 Å². The maximum absolute atomic E-state index is 6.01. The molecule has 21 heavy (non-hydrogen) atoms. The van der Waals surface area contributed by atoms with Crippen molar-refractivity contribution in [3.63, 3.8) is 0 Å². The van der Waals surface area contributed by atoms with Gasteiger partial charge in [0, 0.05) is 16.0 Å². The first-order chi connectivity index (χ1) is 10.2. The number of para-hydroxylation sites is 1. The van der Waals surface area contributed by atoms with Crippen molar-refractivity contribution >= 4 is 22.6 Å². The van der Waals surface area contributed by atoms with Crippen molar-refractivity contribution in [2.75, 3.05) is 0 Å². The first-order valence-electron chi connectivity index (χ1n) is 6.77. The highest BCUT2D eigenvalue weighted by Gasteiger charge is 2.13. The third-order valence-electron chi connectivity index (χ3n) is 3.49. The Morgan fingerprint density at radius 2 is 2.00 bits per heavy atom. The first-order valence-corrected chi connectivity index (χ1v) is 7.15. The van der Waals surface area contributed by atoms with Crippen LogP contribution in [0.4, 0.5) is 0 Å². The summed E-state index contributed by atoms with van der Waals surface area (Å²) in [5.74, 6) is 1.53. The average Bonchev–Trinajstić information content (AvgIpc) is 2.86. The average molecular weight is 302 g/mol. The van der Waals surface area contributed by atoms with Crippen LogP contribution in [0.2, 0.25) is 5.02 Å². The van der Waals surface area contributed by atoms with Gasteiger partial charge in [-0.15, -0.1) is 0 Å². The van der Waals surface area contributed by atoms with E-state index in [-0.39, 0.29) is 0 Å². The summed E-state index contributed by atoms with van der Waals surface area (Å²) >= 11 is 6.01. The number of furan rings is 1. The Morgan fingerprint density at radius 3 is 2.81 bits per heavy atom. The van der Waals surface area contributed by atoms with Gasteiger partial charge in [0.15, 0.2) is 0 Å². The van der Waals surface area contributed by atoms with Crippen molar-refractivity contribution in [1.29, 1.82) is 0 Å². The highest BCUT2D eigenvalue weighted by Crippen LogP contribution is 2.28. The third-order valence-corrected chi connectivity index (χ3v) is 3.72. The van der Waals surface area contributed by atoms with Crippen molar-refractivity contribution in [1.82, 2.24) is 0 Å². The maximum atomic E-state index is 6.01. The van der Waals surface area contributed by atoms with E-state index in [0.29, 0.717) is 18.2 Å². The van der Waals surface area contributed by atoms with Gasteiger partial charge in [-0.1, -0.05) is 35.9 Å². The Kier molecular flexibility index (Phi) is 3.86. The lowest BCUT2D eigenvalue weighted by atomic mass is 10.1. The fraction of sp³-hybridized carbons (Fsp3) is 0.176. The SMILES string of the molecule is Cc1ccc(Cl)cc1OCc1c(CN)oc2ccccc12. The lowest BCUT2D eigenvalue weighted by molar-refractivity contribution is 0.301. The Labute approximate surface area is 128 Å². The normalized spacial score (nSPS) is 11.0. The number of halogens is 1. The molecule has 1 aromatic heterocycles. The summed E-state index contributed by atoms with van der Waals surface area (Å²) in [6.45, 7) is 2.75. The Balaban J connectivity index is 1.93. The van der Waals surface area contributed by atoms with Gasteiger partial charge >= 0.3 is 0 Å². The largest absolute Gasteiger partial charge is 0.488 e. The molecule has 4 heteroatoms. The quantitative estimate of drug-likeness (QED) is 0.775. The van der Waals surface area contributed by atoms with Crippen molar-refractivity contribution < 1.29 is 9.15 Å². The molecule has 3 nitrogen and oxygen atoms in total. The molecule has 0 aliphatic heterocycles. The van der Waals surface area contributed by atoms with Gasteiger partial charge in [0.1, 0.15) is 23.7 Å². The summed E-state index contributed by atoms with van der Waals surface area (Å²) < 4.78 is 11.7. The van der Waals surface area contributed by atoms with Crippen molar-refractivity contribution in [2.45, 2.75) is 20.1 Å². The van der Waals surface area contributed by atoms with Gasteiger partial charge in [-0.25, -0.2) is 0 Å². The smallest absolute Gasteiger partial charge is 0.134 e. The van der Waals surface area contributed by atoms with Crippen LogP contribution in [0.15, 0.2) is 46.9 Å². The molecule has 2 aromatic carbocycles. The van der Waals surface area contributed by atoms with E-state index in [1.807, 2.05) is 49.4 Å². The van der Waals surface area contributed by atoms with E-state index < -0.39 is 0 Å². The van der Waals surface area contributed by atoms with Gasteiger partial charge in [-0.3, -0.25) is 0 Å². The number of benzene rings is 2. The number of hydrogen-bond donors (Lipinski definition) is 1. The lowest BCUT2D eigenvalue weighted by Gasteiger charge is -2.09. The first kappa shape index (κ1) is 14.0. The number of rotatable bonds is 4. The number of fused-ring (bicyclic) bond motifs is 1. The molecule has 0 radical (unpaired) electrons. The van der Waals surface area contributed by atoms with E-state index >= 15 is 0 Å². The van der Waals surface area contributed by atoms with Crippen LogP contribution < -0.4 is 10.5 Å². The molecule has 0 aliphatic rings. The zero-order valence-electron chi connectivity index (χ0n) is 11.7. The van der Waals surface area contributed by atoms with E-state index in [4.69, 9.17) is 26.5 Å². The molecule has 0 fully saturated rings. The molecule has 0 bridgehead atoms. The van der Waals surface area contributed by atoms with Crippen molar-refractivity contribution in [3.05, 3.63) is 64.4 Å². The molecule has 0 saturated heterocycles. The van der Waals surface area contributed by atoms with E-state index in [0.717, 1.165) is 33.6 Å². The number of nitrogens with two attached hydrogens (primary N) is 1. The van der Waals surface area contributed by atoms with Crippen LogP contribution in [-0.4, -0.2) is 0 Å². The van der Waals surface area contributed by atoms with Gasteiger partial charge in [-0.2, -0.15) is 0 Å². The zero-order valence-corrected chi connectivity index (χ0v) is 12.5. The second-order valence-corrected chi connectivity index (χ2v) is 5.34. The molecule has 0 spiro atoms. The van der Waals surface area contributed by atoms with E-state index in [1.54, 1.807) is 0 Å². The van der Waals surface area contributed by atoms with Crippen LogP contribution in [-0.2, 0) is 13.2 Å². The summed E-state index contributed by atoms with van der Waals surface area (Å²) in [7, 11) is 0. The Hall–Kier alpha value is -1.97. The second-order valence-electron chi connectivity index (χ2n) is 4.90. The summed E-state index contributed by atoms with van der Waals surface area (Å²) in [5, 5.41) is 1.70. The van der Waals surface area contributed by atoms with Crippen LogP contribution in [0, 0.1) is 6.92 Å². The molecule has 0 aliphatic carbocycles. The molecule has 1 heterocycles. The Morgan fingerprint density at radius 1 is 1.19 bits per heavy atom. The monoisotopic (exact) mass is 301 g/mol. The number of aryl methyl sites for hydroxylation is 1. The molecule has 0 unspecified atom stereocenters. The maximum Gasteiger partial charge on any atom is 0.134 e. The molecule has 3 rings (SSSR count). The minimum atomic E-state index is 0.349. The van der Waals surface area contributed by atoms with Gasteiger partial charge in [0.05, 0.1) is 6.54 Å². The molecule has 0 saturated carbocycles. The van der Waals surface area contributed by atoms with Crippen LogP contribution >= 0.6 is 11.6 Å². The minimum Gasteiger partial charge on any atom is -0.488 e. The topological polar surface area (TPSA) is 48.4 Å². The standard InChI is InChI=1S/C17H16ClNO2/c1-11-6-7-12(18)8-16(11)20-10-14-13-4-2-3-5-15(13)21-17(14)9-19/h2-8H,9-10,19H2,1H3. The fourth-order valence-electron chi connectivity index (χ4n) is 2.35. The number of hydrogen-bond acceptors (Lipinski definition) is 3. The van der Waals surface area contributed by atoms with Crippen LogP contribution in [0.1, 0.15) is 16.9 Å². The van der Waals surface area contributed by atoms with Crippen LogP contribution in [0.5, 0.6) is 5.75 Å². The molecule has 2 N–H and O–H groups in total. The molecular formula is C17H16ClNO2. The lowest BCUT2D eigenvalue weighted by Crippen LogP contribution is -2.03. The molecule has 0 amide bonds.